The molecule has 0 amide bonds. The zero-order valence-electron chi connectivity index (χ0n) is 12.9. The molecule has 0 spiro atoms. The van der Waals surface area contributed by atoms with Gasteiger partial charge in [-0.05, 0) is 49.9 Å². The number of benzene rings is 1. The lowest BCUT2D eigenvalue weighted by molar-refractivity contribution is -0.153. The Kier molecular flexibility index (Phi) is 5.28. The fourth-order valence-electron chi connectivity index (χ4n) is 3.32. The Morgan fingerprint density at radius 3 is 2.86 bits per heavy atom. The van der Waals surface area contributed by atoms with Crippen LogP contribution in [0.2, 0.25) is 5.02 Å². The van der Waals surface area contributed by atoms with Gasteiger partial charge < -0.3 is 5.11 Å². The summed E-state index contributed by atoms with van der Waals surface area (Å²) in [7, 11) is 0. The van der Waals surface area contributed by atoms with E-state index in [0.29, 0.717) is 6.54 Å². The molecule has 21 heavy (non-hydrogen) atoms. The highest BCUT2D eigenvalue weighted by molar-refractivity contribution is 6.31. The first-order valence-corrected chi connectivity index (χ1v) is 8.05. The molecule has 1 N–H and O–H groups in total. The predicted molar refractivity (Wildman–Crippen MR) is 85.7 cm³/mol. The molecule has 1 aliphatic heterocycles. The summed E-state index contributed by atoms with van der Waals surface area (Å²) in [5.74, 6) is -0.643. The maximum Gasteiger partial charge on any atom is 0.310 e. The third-order valence-corrected chi connectivity index (χ3v) is 4.89. The molecule has 1 fully saturated rings. The molecule has 1 aromatic rings. The van der Waals surface area contributed by atoms with E-state index in [-0.39, 0.29) is 0 Å². The molecule has 4 heteroatoms. The number of halogens is 1. The fraction of sp³-hybridized carbons (Fsp3) is 0.588. The van der Waals surface area contributed by atoms with Gasteiger partial charge in [-0.15, -0.1) is 0 Å². The predicted octanol–water partition coefficient (Wildman–Crippen LogP) is 4.12. The van der Waals surface area contributed by atoms with Gasteiger partial charge >= 0.3 is 5.97 Å². The first kappa shape index (κ1) is 16.3. The van der Waals surface area contributed by atoms with Gasteiger partial charge in [0.25, 0.3) is 0 Å². The number of hydrogen-bond donors (Lipinski definition) is 1. The Morgan fingerprint density at radius 2 is 2.24 bits per heavy atom. The number of carboxylic acid groups (broad SMARTS) is 1. The van der Waals surface area contributed by atoms with Gasteiger partial charge in [-0.25, -0.2) is 0 Å². The van der Waals surface area contributed by atoms with Gasteiger partial charge in [0, 0.05) is 18.1 Å². The van der Waals surface area contributed by atoms with Crippen molar-refractivity contribution < 1.29 is 9.90 Å². The van der Waals surface area contributed by atoms with Crippen molar-refractivity contribution in [2.75, 3.05) is 13.1 Å². The molecule has 3 nitrogen and oxygen atoms in total. The minimum atomic E-state index is -0.643. The Hall–Kier alpha value is -1.06. The summed E-state index contributed by atoms with van der Waals surface area (Å²) in [6, 6.07) is 6.10. The van der Waals surface area contributed by atoms with Crippen LogP contribution in [0.3, 0.4) is 0 Å². The van der Waals surface area contributed by atoms with Gasteiger partial charge in [0.1, 0.15) is 0 Å². The van der Waals surface area contributed by atoms with Crippen LogP contribution in [0.1, 0.15) is 43.7 Å². The summed E-state index contributed by atoms with van der Waals surface area (Å²) in [4.78, 5) is 14.0. The van der Waals surface area contributed by atoms with Crippen LogP contribution in [0.5, 0.6) is 0 Å². The van der Waals surface area contributed by atoms with Crippen molar-refractivity contribution in [1.82, 2.24) is 4.90 Å². The number of piperidine rings is 1. The highest BCUT2D eigenvalue weighted by Crippen LogP contribution is 2.35. The molecule has 1 unspecified atom stereocenters. The Morgan fingerprint density at radius 1 is 1.48 bits per heavy atom. The van der Waals surface area contributed by atoms with Crippen molar-refractivity contribution in [3.63, 3.8) is 0 Å². The SMILES string of the molecule is CCCC1(C(=O)O)CCCN(Cc2ccc(C)c(Cl)c2)C1. The number of aliphatic carboxylic acids is 1. The molecule has 0 aliphatic carbocycles. The number of nitrogens with zero attached hydrogens (tertiary/aromatic N) is 1. The van der Waals surface area contributed by atoms with E-state index in [1.165, 1.54) is 0 Å². The zero-order chi connectivity index (χ0) is 15.5. The van der Waals surface area contributed by atoms with Crippen molar-refractivity contribution in [2.24, 2.45) is 5.41 Å². The van der Waals surface area contributed by atoms with Crippen LogP contribution in [0, 0.1) is 12.3 Å². The van der Waals surface area contributed by atoms with Gasteiger partial charge in [-0.1, -0.05) is 37.1 Å². The molecule has 1 saturated heterocycles. The highest BCUT2D eigenvalue weighted by atomic mass is 35.5. The molecule has 1 heterocycles. The molecule has 0 bridgehead atoms. The van der Waals surface area contributed by atoms with Crippen LogP contribution >= 0.6 is 11.6 Å². The summed E-state index contributed by atoms with van der Waals surface area (Å²) in [5, 5.41) is 10.4. The number of carboxylic acids is 1. The van der Waals surface area contributed by atoms with Crippen LogP contribution in [0.25, 0.3) is 0 Å². The normalized spacial score (nSPS) is 23.2. The van der Waals surface area contributed by atoms with Crippen LogP contribution < -0.4 is 0 Å². The molecule has 0 radical (unpaired) electrons. The molecule has 1 atom stereocenters. The zero-order valence-corrected chi connectivity index (χ0v) is 13.6. The van der Waals surface area contributed by atoms with Crippen molar-refractivity contribution >= 4 is 17.6 Å². The van der Waals surface area contributed by atoms with E-state index >= 15 is 0 Å². The molecule has 0 aromatic heterocycles. The van der Waals surface area contributed by atoms with Gasteiger partial charge in [-0.2, -0.15) is 0 Å². The molecule has 0 saturated carbocycles. The summed E-state index contributed by atoms with van der Waals surface area (Å²) >= 11 is 6.18. The first-order valence-electron chi connectivity index (χ1n) is 7.67. The van der Waals surface area contributed by atoms with E-state index in [2.05, 4.69) is 17.9 Å². The topological polar surface area (TPSA) is 40.5 Å². The fourth-order valence-corrected chi connectivity index (χ4v) is 3.52. The number of hydrogen-bond acceptors (Lipinski definition) is 2. The Labute approximate surface area is 131 Å². The second kappa shape index (κ2) is 6.80. The lowest BCUT2D eigenvalue weighted by Crippen LogP contribution is -2.47. The molecular formula is C17H24ClNO2. The van der Waals surface area contributed by atoms with Gasteiger partial charge in [0.15, 0.2) is 0 Å². The minimum Gasteiger partial charge on any atom is -0.481 e. The van der Waals surface area contributed by atoms with E-state index < -0.39 is 11.4 Å². The minimum absolute atomic E-state index is 0.568. The molecular weight excluding hydrogens is 286 g/mol. The number of aryl methyl sites for hydroxylation is 1. The number of rotatable bonds is 5. The molecule has 1 aromatic carbocycles. The van der Waals surface area contributed by atoms with E-state index in [1.54, 1.807) is 0 Å². The lowest BCUT2D eigenvalue weighted by atomic mass is 9.76. The molecule has 1 aliphatic rings. The number of likely N-dealkylation sites (tertiary alicyclic amines) is 1. The molecule has 2 rings (SSSR count). The van der Waals surface area contributed by atoms with Gasteiger partial charge in [0.2, 0.25) is 0 Å². The first-order chi connectivity index (χ1) is 9.97. The van der Waals surface area contributed by atoms with Crippen molar-refractivity contribution in [1.29, 1.82) is 0 Å². The highest BCUT2D eigenvalue weighted by Gasteiger charge is 2.41. The molecule has 116 valence electrons. The maximum atomic E-state index is 11.7. The third-order valence-electron chi connectivity index (χ3n) is 4.48. The van der Waals surface area contributed by atoms with E-state index in [9.17, 15) is 9.90 Å². The van der Waals surface area contributed by atoms with E-state index in [0.717, 1.165) is 54.9 Å². The van der Waals surface area contributed by atoms with Gasteiger partial charge in [-0.3, -0.25) is 9.69 Å². The van der Waals surface area contributed by atoms with Crippen molar-refractivity contribution in [2.45, 2.75) is 46.1 Å². The summed E-state index contributed by atoms with van der Waals surface area (Å²) in [5.41, 5.74) is 1.66. The average molecular weight is 310 g/mol. The number of carbonyl (C=O) groups is 1. The summed E-state index contributed by atoms with van der Waals surface area (Å²) in [6.45, 7) is 6.43. The Balaban J connectivity index is 2.09. The standard InChI is InChI=1S/C17H24ClNO2/c1-3-7-17(16(20)21)8-4-9-19(12-17)11-14-6-5-13(2)15(18)10-14/h5-6,10H,3-4,7-9,11-12H2,1-2H3,(H,20,21). The largest absolute Gasteiger partial charge is 0.481 e. The second-order valence-corrected chi connectivity index (χ2v) is 6.64. The van der Waals surface area contributed by atoms with E-state index in [4.69, 9.17) is 11.6 Å². The lowest BCUT2D eigenvalue weighted by Gasteiger charge is -2.40. The van der Waals surface area contributed by atoms with E-state index in [1.807, 2.05) is 19.1 Å². The average Bonchev–Trinajstić information content (AvgIpc) is 2.43. The Bertz CT molecular complexity index is 514. The monoisotopic (exact) mass is 309 g/mol. The van der Waals surface area contributed by atoms with Gasteiger partial charge in [0.05, 0.1) is 5.41 Å². The smallest absolute Gasteiger partial charge is 0.310 e. The van der Waals surface area contributed by atoms with Crippen LogP contribution in [-0.4, -0.2) is 29.1 Å². The van der Waals surface area contributed by atoms with Crippen molar-refractivity contribution in [3.05, 3.63) is 34.3 Å². The van der Waals surface area contributed by atoms with Crippen LogP contribution in [-0.2, 0) is 11.3 Å². The second-order valence-electron chi connectivity index (χ2n) is 6.23. The summed E-state index contributed by atoms with van der Waals surface area (Å²) < 4.78 is 0. The quantitative estimate of drug-likeness (QED) is 0.889. The van der Waals surface area contributed by atoms with Crippen molar-refractivity contribution in [3.8, 4) is 0 Å². The summed E-state index contributed by atoms with van der Waals surface area (Å²) in [6.07, 6.45) is 3.41. The van der Waals surface area contributed by atoms with Crippen LogP contribution in [0.15, 0.2) is 18.2 Å². The maximum absolute atomic E-state index is 11.7. The third kappa shape index (κ3) is 3.78. The van der Waals surface area contributed by atoms with Crippen LogP contribution in [0.4, 0.5) is 0 Å².